The maximum absolute atomic E-state index is 12.5. The SMILES string of the molecule is CC(C)OC(=O)[C@H](CCC(=O)C=[N+]=[N-])NC(=O)[C@@H](O)Cc1c[nH]c2ccc(Cl)cc12. The second-order valence-electron chi connectivity index (χ2n) is 7.02. The van der Waals surface area contributed by atoms with Crippen LogP contribution < -0.4 is 5.32 Å². The first-order valence-electron chi connectivity index (χ1n) is 9.36. The molecule has 2 rings (SSSR count). The number of aromatic nitrogens is 1. The molecule has 3 N–H and O–H groups in total. The van der Waals surface area contributed by atoms with Gasteiger partial charge in [-0.15, -0.1) is 0 Å². The highest BCUT2D eigenvalue weighted by Crippen LogP contribution is 2.23. The van der Waals surface area contributed by atoms with E-state index in [2.05, 4.69) is 15.1 Å². The quantitative estimate of drug-likeness (QED) is 0.226. The number of aliphatic hydroxyl groups excluding tert-OH is 1. The monoisotopic (exact) mass is 434 g/mol. The number of Topliss-reactive ketones (excluding diaryl/α,β-unsaturated/α-hetero) is 1. The number of hydrogen-bond donors (Lipinski definition) is 3. The van der Waals surface area contributed by atoms with Gasteiger partial charge in [-0.05, 0) is 44.0 Å². The van der Waals surface area contributed by atoms with Gasteiger partial charge in [0.2, 0.25) is 11.7 Å². The average Bonchev–Trinajstić information content (AvgIpc) is 3.06. The third kappa shape index (κ3) is 6.52. The van der Waals surface area contributed by atoms with Crippen molar-refractivity contribution in [3.8, 4) is 0 Å². The summed E-state index contributed by atoms with van der Waals surface area (Å²) in [4.78, 5) is 42.0. The minimum atomic E-state index is -1.44. The summed E-state index contributed by atoms with van der Waals surface area (Å²) in [5.74, 6) is -2.02. The molecule has 1 aromatic carbocycles. The normalized spacial score (nSPS) is 12.8. The number of H-pyrrole nitrogens is 1. The number of fused-ring (bicyclic) bond motifs is 1. The Balaban J connectivity index is 2.08. The third-order valence-electron chi connectivity index (χ3n) is 4.28. The van der Waals surface area contributed by atoms with E-state index < -0.39 is 35.9 Å². The second kappa shape index (κ2) is 10.7. The number of nitrogens with zero attached hydrogens (tertiary/aromatic N) is 2. The van der Waals surface area contributed by atoms with Gasteiger partial charge in [-0.2, -0.15) is 4.79 Å². The van der Waals surface area contributed by atoms with Gasteiger partial charge in [-0.3, -0.25) is 9.59 Å². The lowest BCUT2D eigenvalue weighted by molar-refractivity contribution is -0.152. The van der Waals surface area contributed by atoms with Crippen molar-refractivity contribution in [1.29, 1.82) is 0 Å². The number of amides is 1. The summed E-state index contributed by atoms with van der Waals surface area (Å²) in [6, 6.07) is 4.10. The predicted molar refractivity (Wildman–Crippen MR) is 110 cm³/mol. The van der Waals surface area contributed by atoms with Crippen molar-refractivity contribution in [3.05, 3.63) is 40.5 Å². The molecule has 1 heterocycles. The molecule has 9 nitrogen and oxygen atoms in total. The molecule has 0 saturated heterocycles. The van der Waals surface area contributed by atoms with E-state index in [9.17, 15) is 19.5 Å². The number of aliphatic hydroxyl groups is 1. The highest BCUT2D eigenvalue weighted by molar-refractivity contribution is 6.31. The number of benzene rings is 1. The standard InChI is InChI=1S/C20H23ClN4O5/c1-11(2)30-20(29)17(6-4-14(26)10-24-22)25-19(28)18(27)7-12-9-23-16-5-3-13(21)8-15(12)16/h3,5,8-11,17-18,23,27H,4,6-7H2,1-2H3,(H,25,28)/t17-,18-/m0/s1. The van der Waals surface area contributed by atoms with Gasteiger partial charge >= 0.3 is 12.2 Å². The van der Waals surface area contributed by atoms with Crippen LogP contribution in [0.3, 0.4) is 0 Å². The third-order valence-corrected chi connectivity index (χ3v) is 4.51. The minimum absolute atomic E-state index is 0.00573. The number of carbonyl (C=O) groups is 3. The highest BCUT2D eigenvalue weighted by atomic mass is 35.5. The Morgan fingerprint density at radius 2 is 2.10 bits per heavy atom. The first-order valence-corrected chi connectivity index (χ1v) is 9.73. The summed E-state index contributed by atoms with van der Waals surface area (Å²) in [6.07, 6.45) is 0.295. The van der Waals surface area contributed by atoms with E-state index in [0.717, 1.165) is 10.9 Å². The van der Waals surface area contributed by atoms with Crippen LogP contribution in [0.25, 0.3) is 16.4 Å². The molecule has 0 radical (unpaired) electrons. The van der Waals surface area contributed by atoms with Crippen LogP contribution in [0.1, 0.15) is 32.3 Å². The number of esters is 1. The number of nitrogens with one attached hydrogen (secondary N) is 2. The first kappa shape index (κ1) is 23.3. The molecule has 1 aromatic heterocycles. The molecule has 0 unspecified atom stereocenters. The molecule has 10 heteroatoms. The molecule has 1 amide bonds. The van der Waals surface area contributed by atoms with Gasteiger partial charge in [-0.25, -0.2) is 4.79 Å². The van der Waals surface area contributed by atoms with Crippen LogP contribution >= 0.6 is 11.6 Å². The molecule has 30 heavy (non-hydrogen) atoms. The summed E-state index contributed by atoms with van der Waals surface area (Å²) < 4.78 is 5.11. The van der Waals surface area contributed by atoms with Gasteiger partial charge in [0, 0.05) is 35.0 Å². The van der Waals surface area contributed by atoms with Gasteiger partial charge < -0.3 is 25.7 Å². The van der Waals surface area contributed by atoms with Crippen LogP contribution in [0.4, 0.5) is 0 Å². The zero-order chi connectivity index (χ0) is 22.3. The summed E-state index contributed by atoms with van der Waals surface area (Å²) in [7, 11) is 0. The molecule has 0 saturated carbocycles. The first-order chi connectivity index (χ1) is 14.2. The Kier molecular flexibility index (Phi) is 8.29. The molecule has 0 fully saturated rings. The van der Waals surface area contributed by atoms with E-state index in [-0.39, 0.29) is 19.3 Å². The maximum atomic E-state index is 12.5. The topological polar surface area (TPSA) is 145 Å². The highest BCUT2D eigenvalue weighted by Gasteiger charge is 2.27. The number of ether oxygens (including phenoxy) is 1. The number of ketones is 1. The Morgan fingerprint density at radius 1 is 1.37 bits per heavy atom. The molecule has 0 bridgehead atoms. The summed E-state index contributed by atoms with van der Waals surface area (Å²) in [5.41, 5.74) is 9.90. The number of hydrogen-bond acceptors (Lipinski definition) is 5. The Bertz CT molecular complexity index is 981. The Labute approximate surface area is 178 Å². The fourth-order valence-electron chi connectivity index (χ4n) is 2.87. The van der Waals surface area contributed by atoms with E-state index in [1.54, 1.807) is 38.2 Å². The fraction of sp³-hybridized carbons (Fsp3) is 0.400. The number of carbonyl (C=O) groups excluding carboxylic acids is 3. The lowest BCUT2D eigenvalue weighted by Crippen LogP contribution is -2.47. The Morgan fingerprint density at radius 3 is 2.77 bits per heavy atom. The molecule has 0 aliphatic heterocycles. The van der Waals surface area contributed by atoms with Gasteiger partial charge in [-0.1, -0.05) is 11.6 Å². The minimum Gasteiger partial charge on any atom is -0.461 e. The van der Waals surface area contributed by atoms with Crippen LogP contribution in [0.5, 0.6) is 0 Å². The summed E-state index contributed by atoms with van der Waals surface area (Å²) in [5, 5.41) is 14.1. The largest absolute Gasteiger partial charge is 0.461 e. The van der Waals surface area contributed by atoms with Crippen LogP contribution in [0.15, 0.2) is 24.4 Å². The van der Waals surface area contributed by atoms with Crippen LogP contribution in [-0.2, 0) is 25.5 Å². The second-order valence-corrected chi connectivity index (χ2v) is 7.46. The van der Waals surface area contributed by atoms with Crippen molar-refractivity contribution in [2.24, 2.45) is 0 Å². The maximum Gasteiger partial charge on any atom is 0.328 e. The molecular formula is C20H23ClN4O5. The van der Waals surface area contributed by atoms with Crippen molar-refractivity contribution in [2.45, 2.75) is 51.4 Å². The van der Waals surface area contributed by atoms with Crippen LogP contribution in [0.2, 0.25) is 5.02 Å². The van der Waals surface area contributed by atoms with E-state index in [4.69, 9.17) is 21.9 Å². The molecular weight excluding hydrogens is 412 g/mol. The predicted octanol–water partition coefficient (Wildman–Crippen LogP) is 1.81. The van der Waals surface area contributed by atoms with Crippen molar-refractivity contribution in [1.82, 2.24) is 10.3 Å². The van der Waals surface area contributed by atoms with Gasteiger partial charge in [0.15, 0.2) is 0 Å². The number of halogens is 1. The smallest absolute Gasteiger partial charge is 0.328 e. The van der Waals surface area contributed by atoms with Crippen molar-refractivity contribution >= 4 is 46.4 Å². The zero-order valence-electron chi connectivity index (χ0n) is 16.6. The molecule has 160 valence electrons. The molecule has 0 aliphatic carbocycles. The van der Waals surface area contributed by atoms with E-state index >= 15 is 0 Å². The summed E-state index contributed by atoms with van der Waals surface area (Å²) in [6.45, 7) is 3.30. The lowest BCUT2D eigenvalue weighted by atomic mass is 10.0. The van der Waals surface area contributed by atoms with Gasteiger partial charge in [0.25, 0.3) is 0 Å². The molecule has 2 atom stereocenters. The Hall–Kier alpha value is -3.00. The number of aromatic amines is 1. The summed E-state index contributed by atoms with van der Waals surface area (Å²) >= 11 is 6.02. The van der Waals surface area contributed by atoms with Crippen molar-refractivity contribution < 1.29 is 29.0 Å². The average molecular weight is 435 g/mol. The van der Waals surface area contributed by atoms with Gasteiger partial charge in [0.05, 0.1) is 6.10 Å². The molecule has 0 spiro atoms. The lowest BCUT2D eigenvalue weighted by Gasteiger charge is -2.20. The number of rotatable bonds is 10. The van der Waals surface area contributed by atoms with Gasteiger partial charge in [0.1, 0.15) is 12.1 Å². The fourth-order valence-corrected chi connectivity index (χ4v) is 3.04. The van der Waals surface area contributed by atoms with E-state index in [1.807, 2.05) is 0 Å². The van der Waals surface area contributed by atoms with E-state index in [0.29, 0.717) is 16.8 Å². The van der Waals surface area contributed by atoms with Crippen molar-refractivity contribution in [2.75, 3.05) is 0 Å². The molecule has 2 aromatic rings. The van der Waals surface area contributed by atoms with Crippen LogP contribution in [0, 0.1) is 0 Å². The van der Waals surface area contributed by atoms with Crippen molar-refractivity contribution in [3.63, 3.8) is 0 Å². The van der Waals surface area contributed by atoms with E-state index in [1.165, 1.54) is 0 Å². The zero-order valence-corrected chi connectivity index (χ0v) is 17.3. The van der Waals surface area contributed by atoms with Crippen LogP contribution in [-0.4, -0.2) is 57.0 Å². The molecule has 0 aliphatic rings.